The summed E-state index contributed by atoms with van der Waals surface area (Å²) in [5.74, 6) is 1.72. The number of rotatable bonds is 0. The molecule has 3 atom stereocenters. The van der Waals surface area contributed by atoms with Crippen molar-refractivity contribution in [3.8, 4) is 0 Å². The molecule has 110 valence electrons. The Kier molecular flexibility index (Phi) is 2.35. The van der Waals surface area contributed by atoms with Crippen LogP contribution in [0.5, 0.6) is 0 Å². The summed E-state index contributed by atoms with van der Waals surface area (Å²) in [7, 11) is 0. The summed E-state index contributed by atoms with van der Waals surface area (Å²) in [4.78, 5) is 12.5. The third-order valence-electron chi connectivity index (χ3n) is 6.28. The molecule has 2 bridgehead atoms. The zero-order chi connectivity index (χ0) is 14.9. The van der Waals surface area contributed by atoms with Crippen molar-refractivity contribution in [1.29, 1.82) is 0 Å². The molecule has 5 rings (SSSR count). The van der Waals surface area contributed by atoms with E-state index in [9.17, 15) is 4.79 Å². The highest BCUT2D eigenvalue weighted by molar-refractivity contribution is 6.03. The number of allylic oxidation sites excluding steroid dienone is 2. The number of benzene rings is 2. The second-order valence-corrected chi connectivity index (χ2v) is 7.52. The largest absolute Gasteiger partial charge is 0.294 e. The second-order valence-electron chi connectivity index (χ2n) is 7.52. The van der Waals surface area contributed by atoms with Crippen LogP contribution in [-0.4, -0.2) is 5.78 Å². The number of carbonyl (C=O) groups excluding carboxylic acids is 1. The van der Waals surface area contributed by atoms with Crippen molar-refractivity contribution in [3.05, 3.63) is 59.2 Å². The van der Waals surface area contributed by atoms with Crippen LogP contribution in [0.4, 0.5) is 0 Å². The van der Waals surface area contributed by atoms with Gasteiger partial charge in [0.05, 0.1) is 0 Å². The molecule has 1 nitrogen and oxygen atoms in total. The standard InChI is InChI=1S/C21H20O/c1-13-2-4-15-10-18-19(11-16(15)8-13)21(7-6-20(18)22)12-14-3-5-17(21)9-14/h2-5,8,10-11,14,17H,6-7,9,12H2,1H3. The van der Waals surface area contributed by atoms with E-state index in [2.05, 4.69) is 49.4 Å². The molecule has 1 saturated carbocycles. The molecule has 3 aliphatic rings. The van der Waals surface area contributed by atoms with Gasteiger partial charge in [-0.2, -0.15) is 0 Å². The molecule has 3 unspecified atom stereocenters. The van der Waals surface area contributed by atoms with Crippen molar-refractivity contribution in [1.82, 2.24) is 0 Å². The summed E-state index contributed by atoms with van der Waals surface area (Å²) >= 11 is 0. The third-order valence-corrected chi connectivity index (χ3v) is 6.28. The SMILES string of the molecule is Cc1ccc2cc3c(cc2c1)C1(CCC3=O)CC2C=CC1C2. The number of carbonyl (C=O) groups is 1. The van der Waals surface area contributed by atoms with Crippen LogP contribution in [-0.2, 0) is 5.41 Å². The Balaban J connectivity index is 1.80. The highest BCUT2D eigenvalue weighted by Gasteiger charge is 2.52. The molecule has 1 heteroatoms. The Morgan fingerprint density at radius 1 is 1.09 bits per heavy atom. The van der Waals surface area contributed by atoms with E-state index < -0.39 is 0 Å². The van der Waals surface area contributed by atoms with Crippen molar-refractivity contribution in [2.24, 2.45) is 11.8 Å². The highest BCUT2D eigenvalue weighted by Crippen LogP contribution is 2.58. The lowest BCUT2D eigenvalue weighted by atomic mass is 9.62. The first-order valence-corrected chi connectivity index (χ1v) is 8.42. The lowest BCUT2D eigenvalue weighted by Crippen LogP contribution is -2.36. The first kappa shape index (κ1) is 12.6. The topological polar surface area (TPSA) is 17.1 Å². The minimum Gasteiger partial charge on any atom is -0.294 e. The third kappa shape index (κ3) is 1.52. The number of ketones is 1. The van der Waals surface area contributed by atoms with Crippen LogP contribution >= 0.6 is 0 Å². The summed E-state index contributed by atoms with van der Waals surface area (Å²) in [6, 6.07) is 11.0. The van der Waals surface area contributed by atoms with Crippen LogP contribution in [0.1, 0.15) is 47.2 Å². The lowest BCUT2D eigenvalue weighted by molar-refractivity contribution is 0.0944. The van der Waals surface area contributed by atoms with E-state index in [0.29, 0.717) is 11.7 Å². The van der Waals surface area contributed by atoms with Crippen LogP contribution < -0.4 is 0 Å². The summed E-state index contributed by atoms with van der Waals surface area (Å²) < 4.78 is 0. The van der Waals surface area contributed by atoms with Gasteiger partial charge >= 0.3 is 0 Å². The molecule has 1 fully saturated rings. The maximum atomic E-state index is 12.5. The van der Waals surface area contributed by atoms with Gasteiger partial charge in [-0.1, -0.05) is 35.9 Å². The van der Waals surface area contributed by atoms with Gasteiger partial charge in [-0.3, -0.25) is 4.79 Å². The Hall–Kier alpha value is -1.89. The van der Waals surface area contributed by atoms with Crippen molar-refractivity contribution in [2.75, 3.05) is 0 Å². The van der Waals surface area contributed by atoms with Gasteiger partial charge in [-0.15, -0.1) is 0 Å². The fourth-order valence-electron chi connectivity index (χ4n) is 5.22. The molecule has 0 amide bonds. The summed E-state index contributed by atoms with van der Waals surface area (Å²) in [5, 5.41) is 2.49. The molecule has 2 aromatic rings. The Morgan fingerprint density at radius 3 is 2.77 bits per heavy atom. The monoisotopic (exact) mass is 288 g/mol. The summed E-state index contributed by atoms with van der Waals surface area (Å²) in [6.45, 7) is 2.14. The Bertz CT molecular complexity index is 844. The molecule has 0 radical (unpaired) electrons. The average molecular weight is 288 g/mol. The van der Waals surface area contributed by atoms with Gasteiger partial charge in [-0.25, -0.2) is 0 Å². The van der Waals surface area contributed by atoms with Gasteiger partial charge in [0.15, 0.2) is 5.78 Å². The second kappa shape index (κ2) is 4.10. The molecule has 0 saturated heterocycles. The zero-order valence-electron chi connectivity index (χ0n) is 12.9. The van der Waals surface area contributed by atoms with Crippen LogP contribution in [0.15, 0.2) is 42.5 Å². The van der Waals surface area contributed by atoms with Crippen LogP contribution in [0.2, 0.25) is 0 Å². The van der Waals surface area contributed by atoms with E-state index in [1.165, 1.54) is 34.7 Å². The predicted octanol–water partition coefficient (Wildman–Crippen LogP) is 4.96. The average Bonchev–Trinajstić information content (AvgIpc) is 3.11. The minimum atomic E-state index is 0.237. The highest BCUT2D eigenvalue weighted by atomic mass is 16.1. The summed E-state index contributed by atoms with van der Waals surface area (Å²) in [5.41, 5.74) is 3.87. The number of aryl methyl sites for hydroxylation is 1. The Morgan fingerprint density at radius 2 is 2.00 bits per heavy atom. The van der Waals surface area contributed by atoms with Gasteiger partial charge in [-0.05, 0) is 66.5 Å². The maximum Gasteiger partial charge on any atom is 0.163 e. The van der Waals surface area contributed by atoms with E-state index in [1.54, 1.807) is 0 Å². The van der Waals surface area contributed by atoms with E-state index in [0.717, 1.165) is 24.3 Å². The van der Waals surface area contributed by atoms with Crippen LogP contribution in [0.25, 0.3) is 10.8 Å². The predicted molar refractivity (Wildman–Crippen MR) is 89.3 cm³/mol. The molecule has 3 aliphatic carbocycles. The number of Topliss-reactive ketones (excluding diaryl/α,β-unsaturated/α-hetero) is 1. The van der Waals surface area contributed by atoms with Crippen molar-refractivity contribution >= 4 is 16.6 Å². The number of hydrogen-bond acceptors (Lipinski definition) is 1. The van der Waals surface area contributed by atoms with Gasteiger partial charge < -0.3 is 0 Å². The van der Waals surface area contributed by atoms with Gasteiger partial charge in [0.2, 0.25) is 0 Å². The molecule has 2 aromatic carbocycles. The molecule has 1 spiro atoms. The van der Waals surface area contributed by atoms with E-state index in [1.807, 2.05) is 0 Å². The normalized spacial score (nSPS) is 32.1. The van der Waals surface area contributed by atoms with Crippen molar-refractivity contribution in [3.63, 3.8) is 0 Å². The molecule has 0 heterocycles. The molecule has 22 heavy (non-hydrogen) atoms. The fraction of sp³-hybridized carbons (Fsp3) is 0.381. The fourth-order valence-corrected chi connectivity index (χ4v) is 5.22. The lowest BCUT2D eigenvalue weighted by Gasteiger charge is -2.40. The van der Waals surface area contributed by atoms with E-state index in [4.69, 9.17) is 0 Å². The zero-order valence-corrected chi connectivity index (χ0v) is 12.9. The van der Waals surface area contributed by atoms with Crippen molar-refractivity contribution < 1.29 is 4.79 Å². The van der Waals surface area contributed by atoms with Gasteiger partial charge in [0.25, 0.3) is 0 Å². The van der Waals surface area contributed by atoms with Crippen LogP contribution in [0.3, 0.4) is 0 Å². The van der Waals surface area contributed by atoms with Gasteiger partial charge in [0, 0.05) is 17.4 Å². The number of hydrogen-bond donors (Lipinski definition) is 0. The molecular weight excluding hydrogens is 268 g/mol. The quantitative estimate of drug-likeness (QED) is 0.626. The molecule has 0 aliphatic heterocycles. The molecule has 0 N–H and O–H groups in total. The Labute approximate surface area is 131 Å². The van der Waals surface area contributed by atoms with E-state index >= 15 is 0 Å². The van der Waals surface area contributed by atoms with E-state index in [-0.39, 0.29) is 5.41 Å². The maximum absolute atomic E-state index is 12.5. The first-order valence-electron chi connectivity index (χ1n) is 8.42. The first-order chi connectivity index (χ1) is 10.7. The van der Waals surface area contributed by atoms with Crippen LogP contribution in [0, 0.1) is 18.8 Å². The molecular formula is C21H20O. The number of fused-ring (bicyclic) bond motifs is 6. The molecule has 0 aromatic heterocycles. The smallest absolute Gasteiger partial charge is 0.163 e. The summed E-state index contributed by atoms with van der Waals surface area (Å²) in [6.07, 6.45) is 9.12. The van der Waals surface area contributed by atoms with Crippen molar-refractivity contribution in [2.45, 2.75) is 38.0 Å². The minimum absolute atomic E-state index is 0.237. The van der Waals surface area contributed by atoms with Gasteiger partial charge in [0.1, 0.15) is 0 Å².